The van der Waals surface area contributed by atoms with Crippen LogP contribution in [0.5, 0.6) is 0 Å². The van der Waals surface area contributed by atoms with Crippen molar-refractivity contribution < 1.29 is 9.47 Å². The topological polar surface area (TPSA) is 44.5 Å². The number of thioether (sulfide) groups is 1. The van der Waals surface area contributed by atoms with E-state index in [0.29, 0.717) is 5.92 Å². The monoisotopic (exact) mass is 287 g/mol. The van der Waals surface area contributed by atoms with Gasteiger partial charge >= 0.3 is 0 Å². The van der Waals surface area contributed by atoms with Gasteiger partial charge in [-0.2, -0.15) is 11.8 Å². The van der Waals surface area contributed by atoms with Crippen LogP contribution in [0.15, 0.2) is 0 Å². The highest BCUT2D eigenvalue weighted by atomic mass is 32.2. The Morgan fingerprint density at radius 1 is 1.42 bits per heavy atom. The Morgan fingerprint density at radius 3 is 2.79 bits per heavy atom. The highest BCUT2D eigenvalue weighted by Crippen LogP contribution is 2.41. The van der Waals surface area contributed by atoms with E-state index in [2.05, 4.69) is 18.7 Å². The minimum atomic E-state index is 0.135. The van der Waals surface area contributed by atoms with Crippen LogP contribution in [0.4, 0.5) is 0 Å². The maximum absolute atomic E-state index is 6.49. The fraction of sp³-hybridized carbons (Fsp3) is 1.00. The van der Waals surface area contributed by atoms with Crippen molar-refractivity contribution in [2.45, 2.75) is 63.2 Å². The SMILES string of the molecule is CCCC(OC)C(N)C1CCOC2(CCSCC2)C1. The Bertz CT molecular complexity index is 263. The van der Waals surface area contributed by atoms with Crippen molar-refractivity contribution in [3.05, 3.63) is 0 Å². The van der Waals surface area contributed by atoms with E-state index in [-0.39, 0.29) is 17.7 Å². The summed E-state index contributed by atoms with van der Waals surface area (Å²) >= 11 is 2.06. The number of hydrogen-bond donors (Lipinski definition) is 1. The Morgan fingerprint density at radius 2 is 2.16 bits per heavy atom. The van der Waals surface area contributed by atoms with E-state index in [4.69, 9.17) is 15.2 Å². The number of hydrogen-bond acceptors (Lipinski definition) is 4. The standard InChI is InChI=1S/C15H29NO2S/c1-3-4-13(17-2)14(16)12-5-8-18-15(11-12)6-9-19-10-7-15/h12-14H,3-11,16H2,1-2H3. The van der Waals surface area contributed by atoms with Crippen molar-refractivity contribution in [2.24, 2.45) is 11.7 Å². The Hall–Kier alpha value is 0.230. The van der Waals surface area contributed by atoms with Crippen LogP contribution in [-0.2, 0) is 9.47 Å². The van der Waals surface area contributed by atoms with Crippen molar-refractivity contribution in [3.63, 3.8) is 0 Å². The van der Waals surface area contributed by atoms with Gasteiger partial charge in [-0.25, -0.2) is 0 Å². The number of nitrogens with two attached hydrogens (primary N) is 1. The molecule has 4 heteroatoms. The second-order valence-corrected chi connectivity index (χ2v) is 7.26. The van der Waals surface area contributed by atoms with Gasteiger partial charge in [0.05, 0.1) is 11.7 Å². The number of methoxy groups -OCH3 is 1. The number of ether oxygens (including phenoxy) is 2. The van der Waals surface area contributed by atoms with Crippen LogP contribution in [0.1, 0.15) is 45.4 Å². The highest BCUT2D eigenvalue weighted by molar-refractivity contribution is 7.99. The normalized spacial score (nSPS) is 30.2. The lowest BCUT2D eigenvalue weighted by atomic mass is 9.77. The van der Waals surface area contributed by atoms with Crippen LogP contribution in [-0.4, -0.2) is 43.0 Å². The largest absolute Gasteiger partial charge is 0.380 e. The average Bonchev–Trinajstić information content (AvgIpc) is 2.45. The van der Waals surface area contributed by atoms with Gasteiger partial charge in [-0.05, 0) is 49.5 Å². The quantitative estimate of drug-likeness (QED) is 0.844. The molecule has 2 saturated heterocycles. The third-order valence-electron chi connectivity index (χ3n) is 4.78. The predicted molar refractivity (Wildman–Crippen MR) is 81.6 cm³/mol. The molecule has 2 rings (SSSR count). The molecule has 19 heavy (non-hydrogen) atoms. The third kappa shape index (κ3) is 3.87. The van der Waals surface area contributed by atoms with E-state index in [1.165, 1.54) is 24.3 Å². The van der Waals surface area contributed by atoms with E-state index in [0.717, 1.165) is 32.3 Å². The van der Waals surface area contributed by atoms with Gasteiger partial charge < -0.3 is 15.2 Å². The predicted octanol–water partition coefficient (Wildman–Crippen LogP) is 2.82. The molecular formula is C15H29NO2S. The third-order valence-corrected chi connectivity index (χ3v) is 5.77. The second-order valence-electron chi connectivity index (χ2n) is 6.04. The highest BCUT2D eigenvalue weighted by Gasteiger charge is 2.41. The van der Waals surface area contributed by atoms with Crippen molar-refractivity contribution >= 4 is 11.8 Å². The molecule has 3 nitrogen and oxygen atoms in total. The van der Waals surface area contributed by atoms with Crippen molar-refractivity contribution in [3.8, 4) is 0 Å². The Balaban J connectivity index is 1.95. The molecule has 2 N–H and O–H groups in total. The van der Waals surface area contributed by atoms with E-state index in [1.807, 2.05) is 0 Å². The summed E-state index contributed by atoms with van der Waals surface area (Å²) < 4.78 is 11.8. The second kappa shape index (κ2) is 7.30. The molecule has 0 saturated carbocycles. The van der Waals surface area contributed by atoms with Gasteiger partial charge in [-0.1, -0.05) is 13.3 Å². The van der Waals surface area contributed by atoms with Crippen molar-refractivity contribution in [1.82, 2.24) is 0 Å². The first-order valence-corrected chi connectivity index (χ1v) is 8.86. The van der Waals surface area contributed by atoms with Gasteiger partial charge in [0.1, 0.15) is 0 Å². The van der Waals surface area contributed by atoms with Gasteiger partial charge in [0, 0.05) is 19.8 Å². The molecule has 0 aromatic heterocycles. The first-order chi connectivity index (χ1) is 9.21. The summed E-state index contributed by atoms with van der Waals surface area (Å²) in [7, 11) is 1.80. The summed E-state index contributed by atoms with van der Waals surface area (Å²) in [6, 6.07) is 0.167. The molecule has 3 atom stereocenters. The van der Waals surface area contributed by atoms with Crippen molar-refractivity contribution in [2.75, 3.05) is 25.2 Å². The molecule has 2 fully saturated rings. The van der Waals surface area contributed by atoms with Gasteiger partial charge in [0.25, 0.3) is 0 Å². The molecule has 0 aliphatic carbocycles. The summed E-state index contributed by atoms with van der Waals surface area (Å²) in [4.78, 5) is 0. The van der Waals surface area contributed by atoms with E-state index in [9.17, 15) is 0 Å². The molecule has 0 amide bonds. The molecule has 0 radical (unpaired) electrons. The zero-order valence-electron chi connectivity index (χ0n) is 12.4. The van der Waals surface area contributed by atoms with Crippen LogP contribution < -0.4 is 5.73 Å². The van der Waals surface area contributed by atoms with E-state index < -0.39 is 0 Å². The molecule has 2 heterocycles. The summed E-state index contributed by atoms with van der Waals surface area (Å²) in [5.74, 6) is 3.04. The van der Waals surface area contributed by atoms with Gasteiger partial charge in [-0.3, -0.25) is 0 Å². The fourth-order valence-corrected chi connectivity index (χ4v) is 4.78. The van der Waals surface area contributed by atoms with Crippen LogP contribution in [0.3, 0.4) is 0 Å². The summed E-state index contributed by atoms with van der Waals surface area (Å²) in [5.41, 5.74) is 6.63. The molecule has 3 unspecified atom stereocenters. The van der Waals surface area contributed by atoms with E-state index in [1.54, 1.807) is 7.11 Å². The van der Waals surface area contributed by atoms with Crippen LogP contribution in [0.25, 0.3) is 0 Å². The minimum absolute atomic E-state index is 0.135. The first kappa shape index (κ1) is 15.6. The molecule has 2 aliphatic rings. The lowest BCUT2D eigenvalue weighted by molar-refractivity contribution is -0.112. The molecule has 2 aliphatic heterocycles. The molecular weight excluding hydrogens is 258 g/mol. The zero-order chi connectivity index (χ0) is 13.7. The number of rotatable bonds is 5. The molecule has 0 bridgehead atoms. The van der Waals surface area contributed by atoms with Gasteiger partial charge in [0.15, 0.2) is 0 Å². The van der Waals surface area contributed by atoms with Crippen LogP contribution >= 0.6 is 11.8 Å². The van der Waals surface area contributed by atoms with Gasteiger partial charge in [-0.15, -0.1) is 0 Å². The Labute approximate surface area is 122 Å². The summed E-state index contributed by atoms with van der Waals surface area (Å²) in [6.07, 6.45) is 7.05. The molecule has 112 valence electrons. The Kier molecular flexibility index (Phi) is 6.00. The van der Waals surface area contributed by atoms with Crippen molar-refractivity contribution in [1.29, 1.82) is 0 Å². The lowest BCUT2D eigenvalue weighted by Crippen LogP contribution is -2.51. The first-order valence-electron chi connectivity index (χ1n) is 7.71. The molecule has 1 spiro atoms. The smallest absolute Gasteiger partial charge is 0.0724 e. The van der Waals surface area contributed by atoms with Crippen LogP contribution in [0, 0.1) is 5.92 Å². The summed E-state index contributed by atoms with van der Waals surface area (Å²) in [6.45, 7) is 3.08. The molecule has 0 aromatic rings. The zero-order valence-corrected chi connectivity index (χ0v) is 13.2. The van der Waals surface area contributed by atoms with E-state index >= 15 is 0 Å². The lowest BCUT2D eigenvalue weighted by Gasteiger charge is -2.45. The maximum atomic E-state index is 6.49. The summed E-state index contributed by atoms with van der Waals surface area (Å²) in [5, 5.41) is 0. The van der Waals surface area contributed by atoms with Crippen LogP contribution in [0.2, 0.25) is 0 Å². The average molecular weight is 287 g/mol. The maximum Gasteiger partial charge on any atom is 0.0724 e. The molecule has 0 aromatic carbocycles. The van der Waals surface area contributed by atoms with Gasteiger partial charge in [0.2, 0.25) is 0 Å². The fourth-order valence-electron chi connectivity index (χ4n) is 3.54. The minimum Gasteiger partial charge on any atom is -0.380 e.